The lowest BCUT2D eigenvalue weighted by Gasteiger charge is -2.27. The molecule has 1 aromatic heterocycles. The summed E-state index contributed by atoms with van der Waals surface area (Å²) >= 11 is 6.05. The summed E-state index contributed by atoms with van der Waals surface area (Å²) in [4.78, 5) is 6.76. The fourth-order valence-electron chi connectivity index (χ4n) is 1.90. The highest BCUT2D eigenvalue weighted by molar-refractivity contribution is 6.31. The number of aryl methyl sites for hydroxylation is 1. The van der Waals surface area contributed by atoms with Crippen LogP contribution in [0.15, 0.2) is 12.3 Å². The largest absolute Gasteiger partial charge is 0.314 e. The maximum Gasteiger partial charge on any atom is 0.0621 e. The van der Waals surface area contributed by atoms with E-state index in [9.17, 15) is 0 Å². The Hall–Kier alpha value is -0.640. The first-order valence-corrected chi connectivity index (χ1v) is 6.17. The third-order valence-corrected chi connectivity index (χ3v) is 3.39. The number of hydrogen-bond acceptors (Lipinski definition) is 3. The Labute approximate surface area is 102 Å². The molecule has 0 saturated carbocycles. The standard InChI is InChI=1S/C12H18ClN3/c1-10-12(13)8-11(9-15-10)2-5-16-6-3-14-4-7-16/h8-9,14H,2-7H2,1H3. The van der Waals surface area contributed by atoms with Crippen LogP contribution in [0.4, 0.5) is 0 Å². The zero-order chi connectivity index (χ0) is 11.4. The van der Waals surface area contributed by atoms with Crippen LogP contribution >= 0.6 is 11.6 Å². The molecular formula is C12H18ClN3. The maximum atomic E-state index is 6.05. The van der Waals surface area contributed by atoms with Gasteiger partial charge >= 0.3 is 0 Å². The van der Waals surface area contributed by atoms with E-state index in [4.69, 9.17) is 11.6 Å². The van der Waals surface area contributed by atoms with Crippen molar-refractivity contribution in [3.8, 4) is 0 Å². The molecule has 1 aliphatic heterocycles. The average molecular weight is 240 g/mol. The lowest BCUT2D eigenvalue weighted by atomic mass is 10.2. The Bertz CT molecular complexity index is 348. The molecule has 0 unspecified atom stereocenters. The molecule has 1 fully saturated rings. The minimum atomic E-state index is 0.776. The first-order valence-electron chi connectivity index (χ1n) is 5.80. The van der Waals surface area contributed by atoms with E-state index in [1.54, 1.807) is 0 Å². The first-order chi connectivity index (χ1) is 7.75. The van der Waals surface area contributed by atoms with Crippen molar-refractivity contribution >= 4 is 11.6 Å². The van der Waals surface area contributed by atoms with Gasteiger partial charge in [0.05, 0.1) is 10.7 Å². The molecular weight excluding hydrogens is 222 g/mol. The van der Waals surface area contributed by atoms with Crippen molar-refractivity contribution in [1.29, 1.82) is 0 Å². The van der Waals surface area contributed by atoms with Crippen LogP contribution in [0.5, 0.6) is 0 Å². The second-order valence-corrected chi connectivity index (χ2v) is 4.66. The number of halogens is 1. The van der Waals surface area contributed by atoms with Gasteiger partial charge in [0.1, 0.15) is 0 Å². The smallest absolute Gasteiger partial charge is 0.0621 e. The van der Waals surface area contributed by atoms with Crippen molar-refractivity contribution in [3.05, 3.63) is 28.5 Å². The SMILES string of the molecule is Cc1ncc(CCN2CCNCC2)cc1Cl. The summed E-state index contributed by atoms with van der Waals surface area (Å²) < 4.78 is 0. The van der Waals surface area contributed by atoms with Crippen LogP contribution in [0.25, 0.3) is 0 Å². The predicted molar refractivity (Wildman–Crippen MR) is 67.0 cm³/mol. The highest BCUT2D eigenvalue weighted by Crippen LogP contribution is 2.14. The molecule has 0 amide bonds. The van der Waals surface area contributed by atoms with Crippen LogP contribution < -0.4 is 5.32 Å². The van der Waals surface area contributed by atoms with Crippen LogP contribution in [-0.2, 0) is 6.42 Å². The lowest BCUT2D eigenvalue weighted by Crippen LogP contribution is -2.44. The van der Waals surface area contributed by atoms with E-state index in [0.717, 1.165) is 49.9 Å². The number of nitrogens with zero attached hydrogens (tertiary/aromatic N) is 2. The molecule has 1 aliphatic rings. The van der Waals surface area contributed by atoms with Gasteiger partial charge < -0.3 is 10.2 Å². The van der Waals surface area contributed by atoms with Gasteiger partial charge in [0.2, 0.25) is 0 Å². The van der Waals surface area contributed by atoms with Crippen LogP contribution in [0.1, 0.15) is 11.3 Å². The van der Waals surface area contributed by atoms with Crippen molar-refractivity contribution in [2.45, 2.75) is 13.3 Å². The summed E-state index contributed by atoms with van der Waals surface area (Å²) in [5, 5.41) is 4.13. The Balaban J connectivity index is 1.86. The van der Waals surface area contributed by atoms with Gasteiger partial charge in [-0.25, -0.2) is 0 Å². The number of pyridine rings is 1. The molecule has 0 bridgehead atoms. The van der Waals surface area contributed by atoms with Gasteiger partial charge in [-0.15, -0.1) is 0 Å². The van der Waals surface area contributed by atoms with E-state index in [1.807, 2.05) is 19.2 Å². The molecule has 0 aromatic carbocycles. The van der Waals surface area contributed by atoms with Crippen LogP contribution in [0.3, 0.4) is 0 Å². The Morgan fingerprint density at radius 2 is 2.19 bits per heavy atom. The molecule has 0 atom stereocenters. The van der Waals surface area contributed by atoms with Crippen molar-refractivity contribution in [2.75, 3.05) is 32.7 Å². The number of nitrogens with one attached hydrogen (secondary N) is 1. The van der Waals surface area contributed by atoms with Crippen LogP contribution in [0.2, 0.25) is 5.02 Å². The first kappa shape index (κ1) is 11.8. The molecule has 1 N–H and O–H groups in total. The Kier molecular flexibility index (Phi) is 4.16. The summed E-state index contributed by atoms with van der Waals surface area (Å²) in [7, 11) is 0. The molecule has 2 rings (SSSR count). The van der Waals surface area contributed by atoms with Crippen LogP contribution in [-0.4, -0.2) is 42.6 Å². The number of piperazine rings is 1. The lowest BCUT2D eigenvalue weighted by molar-refractivity contribution is 0.244. The second-order valence-electron chi connectivity index (χ2n) is 4.25. The van der Waals surface area contributed by atoms with Gasteiger partial charge in [0.25, 0.3) is 0 Å². The molecule has 0 spiro atoms. The van der Waals surface area contributed by atoms with Gasteiger partial charge in [-0.1, -0.05) is 11.6 Å². The highest BCUT2D eigenvalue weighted by Gasteiger charge is 2.09. The summed E-state index contributed by atoms with van der Waals surface area (Å²) in [6.07, 6.45) is 2.97. The molecule has 16 heavy (non-hydrogen) atoms. The van der Waals surface area contributed by atoms with E-state index in [2.05, 4.69) is 15.2 Å². The van der Waals surface area contributed by atoms with Gasteiger partial charge in [0, 0.05) is 38.9 Å². The van der Waals surface area contributed by atoms with E-state index in [1.165, 1.54) is 5.56 Å². The normalized spacial score (nSPS) is 17.6. The molecule has 3 nitrogen and oxygen atoms in total. The van der Waals surface area contributed by atoms with E-state index >= 15 is 0 Å². The number of hydrogen-bond donors (Lipinski definition) is 1. The minimum absolute atomic E-state index is 0.776. The van der Waals surface area contributed by atoms with Crippen molar-refractivity contribution in [1.82, 2.24) is 15.2 Å². The maximum absolute atomic E-state index is 6.05. The van der Waals surface area contributed by atoms with E-state index < -0.39 is 0 Å². The molecule has 1 aromatic rings. The molecule has 88 valence electrons. The Morgan fingerprint density at radius 1 is 1.44 bits per heavy atom. The summed E-state index contributed by atoms with van der Waals surface area (Å²) in [6, 6.07) is 2.03. The predicted octanol–water partition coefficient (Wildman–Crippen LogP) is 1.49. The number of rotatable bonds is 3. The van der Waals surface area contributed by atoms with Crippen molar-refractivity contribution in [2.24, 2.45) is 0 Å². The zero-order valence-corrected chi connectivity index (χ0v) is 10.4. The van der Waals surface area contributed by atoms with Gasteiger partial charge in [-0.05, 0) is 25.0 Å². The van der Waals surface area contributed by atoms with Gasteiger partial charge in [-0.2, -0.15) is 0 Å². The highest BCUT2D eigenvalue weighted by atomic mass is 35.5. The molecule has 2 heterocycles. The summed E-state index contributed by atoms with van der Waals surface area (Å²) in [5.74, 6) is 0. The van der Waals surface area contributed by atoms with E-state index in [0.29, 0.717) is 0 Å². The van der Waals surface area contributed by atoms with Crippen molar-refractivity contribution in [3.63, 3.8) is 0 Å². The van der Waals surface area contributed by atoms with Crippen LogP contribution in [0, 0.1) is 6.92 Å². The molecule has 0 aliphatic carbocycles. The topological polar surface area (TPSA) is 28.2 Å². The van der Waals surface area contributed by atoms with Gasteiger partial charge in [-0.3, -0.25) is 4.98 Å². The molecule has 4 heteroatoms. The van der Waals surface area contributed by atoms with Crippen molar-refractivity contribution < 1.29 is 0 Å². The van der Waals surface area contributed by atoms with Gasteiger partial charge in [0.15, 0.2) is 0 Å². The average Bonchev–Trinajstić information content (AvgIpc) is 2.32. The third-order valence-electron chi connectivity index (χ3n) is 3.01. The monoisotopic (exact) mass is 239 g/mol. The fourth-order valence-corrected chi connectivity index (χ4v) is 2.09. The summed E-state index contributed by atoms with van der Waals surface area (Å²) in [5.41, 5.74) is 2.14. The fraction of sp³-hybridized carbons (Fsp3) is 0.583. The molecule has 1 saturated heterocycles. The quantitative estimate of drug-likeness (QED) is 0.867. The number of aromatic nitrogens is 1. The second kappa shape index (κ2) is 5.62. The minimum Gasteiger partial charge on any atom is -0.314 e. The molecule has 0 radical (unpaired) electrons. The zero-order valence-electron chi connectivity index (χ0n) is 9.67. The third kappa shape index (κ3) is 3.17. The summed E-state index contributed by atoms with van der Waals surface area (Å²) in [6.45, 7) is 7.53. The Morgan fingerprint density at radius 3 is 2.88 bits per heavy atom. The van der Waals surface area contributed by atoms with E-state index in [-0.39, 0.29) is 0 Å².